The van der Waals surface area contributed by atoms with E-state index in [1.54, 1.807) is 30.3 Å². The molecule has 2 aromatic carbocycles. The quantitative estimate of drug-likeness (QED) is 0.661. The first-order valence-electron chi connectivity index (χ1n) is 9.70. The molecule has 2 aliphatic rings. The van der Waals surface area contributed by atoms with Gasteiger partial charge in [0.1, 0.15) is 5.82 Å². The van der Waals surface area contributed by atoms with E-state index in [9.17, 15) is 17.6 Å². The fourth-order valence-corrected chi connectivity index (χ4v) is 6.48. The van der Waals surface area contributed by atoms with Gasteiger partial charge in [0.2, 0.25) is 15.9 Å². The van der Waals surface area contributed by atoms with Crippen molar-refractivity contribution in [1.29, 1.82) is 0 Å². The highest BCUT2D eigenvalue weighted by Crippen LogP contribution is 2.43. The van der Waals surface area contributed by atoms with Crippen LogP contribution in [-0.2, 0) is 20.6 Å². The van der Waals surface area contributed by atoms with E-state index in [2.05, 4.69) is 0 Å². The first kappa shape index (κ1) is 21.6. The third-order valence-corrected chi connectivity index (χ3v) is 8.32. The normalized spacial score (nSPS) is 22.8. The highest BCUT2D eigenvalue weighted by atomic mass is 35.5. The van der Waals surface area contributed by atoms with E-state index in [0.29, 0.717) is 42.9 Å². The lowest BCUT2D eigenvalue weighted by Crippen LogP contribution is -2.50. The summed E-state index contributed by atoms with van der Waals surface area (Å²) in [5.41, 5.74) is -0.128. The molecular formula is C21H21Cl2FN2O3S. The zero-order valence-electron chi connectivity index (χ0n) is 16.2. The molecule has 1 spiro atoms. The van der Waals surface area contributed by atoms with Gasteiger partial charge in [0.05, 0.1) is 16.9 Å². The third kappa shape index (κ3) is 3.96. The number of hydrogen-bond donors (Lipinski definition) is 0. The molecule has 0 aromatic heterocycles. The summed E-state index contributed by atoms with van der Waals surface area (Å²) in [4.78, 5) is 14.7. The molecule has 2 fully saturated rings. The number of rotatable bonds is 4. The van der Waals surface area contributed by atoms with Crippen LogP contribution >= 0.6 is 23.2 Å². The van der Waals surface area contributed by atoms with E-state index in [4.69, 9.17) is 23.2 Å². The Balaban J connectivity index is 1.56. The van der Waals surface area contributed by atoms with Crippen LogP contribution in [0.4, 0.5) is 10.1 Å². The fourth-order valence-electron chi connectivity index (χ4n) is 4.36. The van der Waals surface area contributed by atoms with Gasteiger partial charge < -0.3 is 4.90 Å². The van der Waals surface area contributed by atoms with E-state index in [-0.39, 0.29) is 28.9 Å². The minimum absolute atomic E-state index is 0.102. The van der Waals surface area contributed by atoms with Crippen molar-refractivity contribution in [3.05, 3.63) is 63.9 Å². The van der Waals surface area contributed by atoms with Crippen LogP contribution in [0, 0.1) is 11.2 Å². The Morgan fingerprint density at radius 2 is 1.83 bits per heavy atom. The minimum Gasteiger partial charge on any atom is -0.309 e. The molecule has 4 rings (SSSR count). The summed E-state index contributed by atoms with van der Waals surface area (Å²) >= 11 is 12.0. The highest BCUT2D eigenvalue weighted by Gasteiger charge is 2.51. The molecule has 1 unspecified atom stereocenters. The number of carbonyl (C=O) groups excluding carboxylic acids is 1. The molecule has 160 valence electrons. The minimum atomic E-state index is -3.66. The van der Waals surface area contributed by atoms with E-state index in [0.717, 1.165) is 0 Å². The summed E-state index contributed by atoms with van der Waals surface area (Å²) in [6.07, 6.45) is 1.63. The Morgan fingerprint density at radius 1 is 1.07 bits per heavy atom. The first-order chi connectivity index (χ1) is 14.2. The van der Waals surface area contributed by atoms with Gasteiger partial charge in [-0.25, -0.2) is 17.1 Å². The van der Waals surface area contributed by atoms with E-state index in [1.807, 2.05) is 0 Å². The number of nitrogens with zero attached hydrogens (tertiary/aromatic N) is 2. The second-order valence-corrected chi connectivity index (χ2v) is 10.7. The van der Waals surface area contributed by atoms with Crippen LogP contribution in [0.15, 0.2) is 42.5 Å². The van der Waals surface area contributed by atoms with Gasteiger partial charge in [0, 0.05) is 29.7 Å². The Hall–Kier alpha value is -1.67. The molecule has 1 atom stereocenters. The van der Waals surface area contributed by atoms with Gasteiger partial charge in [-0.15, -0.1) is 0 Å². The summed E-state index contributed by atoms with van der Waals surface area (Å²) in [5.74, 6) is -1.01. The lowest BCUT2D eigenvalue weighted by Gasteiger charge is -2.38. The molecule has 2 saturated heterocycles. The average molecular weight is 471 g/mol. The second kappa shape index (κ2) is 8.11. The van der Waals surface area contributed by atoms with Gasteiger partial charge in [-0.2, -0.15) is 0 Å². The highest BCUT2D eigenvalue weighted by molar-refractivity contribution is 7.88. The van der Waals surface area contributed by atoms with Gasteiger partial charge in [0.25, 0.3) is 0 Å². The Kier molecular flexibility index (Phi) is 5.83. The Labute approximate surface area is 185 Å². The number of benzene rings is 2. The van der Waals surface area contributed by atoms with E-state index in [1.165, 1.54) is 21.3 Å². The number of piperidine rings is 1. The monoisotopic (exact) mass is 470 g/mol. The lowest BCUT2D eigenvalue weighted by atomic mass is 9.79. The smallest absolute Gasteiger partial charge is 0.234 e. The summed E-state index contributed by atoms with van der Waals surface area (Å²) in [6, 6.07) is 11.0. The molecule has 0 bridgehead atoms. The van der Waals surface area contributed by atoms with Crippen molar-refractivity contribution in [3.8, 4) is 0 Å². The predicted molar refractivity (Wildman–Crippen MR) is 116 cm³/mol. The van der Waals surface area contributed by atoms with Gasteiger partial charge in [-0.05, 0) is 49.1 Å². The van der Waals surface area contributed by atoms with Crippen molar-refractivity contribution in [2.75, 3.05) is 24.5 Å². The number of anilines is 1. The number of sulfonamides is 1. The maximum atomic E-state index is 14.4. The number of carbonyl (C=O) groups is 1. The molecule has 5 nitrogen and oxygen atoms in total. The zero-order valence-corrected chi connectivity index (χ0v) is 18.5. The first-order valence-corrected chi connectivity index (χ1v) is 12.1. The molecule has 1 amide bonds. The second-order valence-electron chi connectivity index (χ2n) is 7.87. The van der Waals surface area contributed by atoms with Crippen LogP contribution in [0.5, 0.6) is 0 Å². The van der Waals surface area contributed by atoms with Crippen LogP contribution in [-0.4, -0.2) is 38.3 Å². The van der Waals surface area contributed by atoms with E-state index < -0.39 is 21.3 Å². The van der Waals surface area contributed by atoms with E-state index >= 15 is 0 Å². The van der Waals surface area contributed by atoms with Crippen molar-refractivity contribution in [2.45, 2.75) is 25.0 Å². The molecule has 30 heavy (non-hydrogen) atoms. The van der Waals surface area contributed by atoms with Crippen LogP contribution in [0.25, 0.3) is 0 Å². The molecule has 0 saturated carbocycles. The number of hydrogen-bond acceptors (Lipinski definition) is 3. The van der Waals surface area contributed by atoms with Crippen LogP contribution in [0.3, 0.4) is 0 Å². The molecule has 0 radical (unpaired) electrons. The zero-order chi connectivity index (χ0) is 21.5. The molecule has 2 aromatic rings. The Bertz CT molecular complexity index is 1100. The lowest BCUT2D eigenvalue weighted by molar-refractivity contribution is -0.127. The number of halogens is 3. The van der Waals surface area contributed by atoms with Gasteiger partial charge in [-0.1, -0.05) is 41.4 Å². The standard InChI is InChI=1S/C21H21Cl2FN2O3S/c22-16-6-7-19(18(24)12-16)26-11-9-21(20(26)27)8-3-10-25(14-21)30(28,29)13-15-4-1-2-5-17(15)23/h1-2,4-7,12H,3,8-11,13-14H2. The van der Waals surface area contributed by atoms with Crippen molar-refractivity contribution < 1.29 is 17.6 Å². The van der Waals surface area contributed by atoms with Crippen LogP contribution in [0.1, 0.15) is 24.8 Å². The SMILES string of the molecule is O=C1N(c2ccc(Cl)cc2F)CCC12CCCN(S(=O)(=O)Cc1ccccc1Cl)C2. The Morgan fingerprint density at radius 3 is 2.57 bits per heavy atom. The molecule has 2 aliphatic heterocycles. The van der Waals surface area contributed by atoms with Gasteiger partial charge in [-0.3, -0.25) is 4.79 Å². The van der Waals surface area contributed by atoms with Gasteiger partial charge in [0.15, 0.2) is 0 Å². The molecule has 0 aliphatic carbocycles. The molecular weight excluding hydrogens is 450 g/mol. The maximum absolute atomic E-state index is 14.4. The predicted octanol–water partition coefficient (Wildman–Crippen LogP) is 4.48. The van der Waals surface area contributed by atoms with Crippen molar-refractivity contribution in [3.63, 3.8) is 0 Å². The average Bonchev–Trinajstić information content (AvgIpc) is 2.99. The van der Waals surface area contributed by atoms with Crippen LogP contribution in [0.2, 0.25) is 10.0 Å². The number of amides is 1. The summed E-state index contributed by atoms with van der Waals surface area (Å²) in [6.45, 7) is 0.803. The fraction of sp³-hybridized carbons (Fsp3) is 0.381. The van der Waals surface area contributed by atoms with Crippen LogP contribution < -0.4 is 4.90 Å². The molecule has 0 N–H and O–H groups in total. The van der Waals surface area contributed by atoms with Crippen molar-refractivity contribution >= 4 is 44.8 Å². The van der Waals surface area contributed by atoms with Crippen molar-refractivity contribution in [1.82, 2.24) is 4.31 Å². The largest absolute Gasteiger partial charge is 0.309 e. The summed E-state index contributed by atoms with van der Waals surface area (Å²) in [5, 5.41) is 0.654. The third-order valence-electron chi connectivity index (χ3n) is 5.94. The topological polar surface area (TPSA) is 57.7 Å². The maximum Gasteiger partial charge on any atom is 0.234 e. The summed E-state index contributed by atoms with van der Waals surface area (Å²) in [7, 11) is -3.66. The molecule has 2 heterocycles. The van der Waals surface area contributed by atoms with Crippen molar-refractivity contribution in [2.24, 2.45) is 5.41 Å². The summed E-state index contributed by atoms with van der Waals surface area (Å²) < 4.78 is 41.9. The van der Waals surface area contributed by atoms with Gasteiger partial charge >= 0.3 is 0 Å². The molecule has 9 heteroatoms.